The van der Waals surface area contributed by atoms with Crippen LogP contribution in [0, 0.1) is 5.41 Å². The molecule has 19 heavy (non-hydrogen) atoms. The zero-order chi connectivity index (χ0) is 13.7. The van der Waals surface area contributed by atoms with Crippen molar-refractivity contribution in [2.24, 2.45) is 11.1 Å². The standard InChI is InChI=1S/C14H21N3O2/c1-14(4-6-19-7-5-14)10-17-13(18)12-3-2-11(8-15)9-16-12/h2-3,9H,4-8,10,15H2,1H3,(H,17,18). The monoisotopic (exact) mass is 263 g/mol. The first-order valence-corrected chi connectivity index (χ1v) is 6.64. The second-order valence-electron chi connectivity index (χ2n) is 5.36. The molecule has 1 aromatic rings. The van der Waals surface area contributed by atoms with E-state index in [0.717, 1.165) is 31.6 Å². The molecule has 104 valence electrons. The average molecular weight is 263 g/mol. The van der Waals surface area contributed by atoms with Crippen LogP contribution in [0.1, 0.15) is 35.8 Å². The third-order valence-electron chi connectivity index (χ3n) is 3.67. The molecule has 0 aromatic carbocycles. The van der Waals surface area contributed by atoms with E-state index in [1.165, 1.54) is 0 Å². The van der Waals surface area contributed by atoms with Gasteiger partial charge < -0.3 is 15.8 Å². The Kier molecular flexibility index (Phi) is 4.50. The third kappa shape index (κ3) is 3.75. The summed E-state index contributed by atoms with van der Waals surface area (Å²) in [6, 6.07) is 3.54. The predicted octanol–water partition coefficient (Wildman–Crippen LogP) is 1.09. The summed E-state index contributed by atoms with van der Waals surface area (Å²) in [5.41, 5.74) is 6.99. The molecule has 0 bridgehead atoms. The van der Waals surface area contributed by atoms with Crippen molar-refractivity contribution in [3.05, 3.63) is 29.6 Å². The van der Waals surface area contributed by atoms with Gasteiger partial charge in [0.25, 0.3) is 5.91 Å². The van der Waals surface area contributed by atoms with Crippen molar-refractivity contribution in [3.63, 3.8) is 0 Å². The van der Waals surface area contributed by atoms with Crippen molar-refractivity contribution in [2.75, 3.05) is 19.8 Å². The first kappa shape index (κ1) is 14.0. The summed E-state index contributed by atoms with van der Waals surface area (Å²) in [6.45, 7) is 4.83. The summed E-state index contributed by atoms with van der Waals surface area (Å²) in [4.78, 5) is 16.1. The fourth-order valence-electron chi connectivity index (χ4n) is 2.10. The van der Waals surface area contributed by atoms with Gasteiger partial charge in [-0.3, -0.25) is 9.78 Å². The molecule has 1 aliphatic heterocycles. The van der Waals surface area contributed by atoms with Crippen LogP contribution in [0.15, 0.2) is 18.3 Å². The molecule has 5 nitrogen and oxygen atoms in total. The summed E-state index contributed by atoms with van der Waals surface area (Å²) in [5.74, 6) is -0.128. The Morgan fingerprint density at radius 2 is 2.21 bits per heavy atom. The summed E-state index contributed by atoms with van der Waals surface area (Å²) < 4.78 is 5.34. The second kappa shape index (κ2) is 6.12. The normalized spacial score (nSPS) is 18.0. The van der Waals surface area contributed by atoms with Crippen LogP contribution in [0.3, 0.4) is 0 Å². The molecule has 2 rings (SSSR count). The fraction of sp³-hybridized carbons (Fsp3) is 0.571. The molecule has 0 spiro atoms. The number of nitrogens with one attached hydrogen (secondary N) is 1. The minimum Gasteiger partial charge on any atom is -0.381 e. The van der Waals surface area contributed by atoms with Crippen LogP contribution in [0.4, 0.5) is 0 Å². The van der Waals surface area contributed by atoms with Crippen LogP contribution >= 0.6 is 0 Å². The van der Waals surface area contributed by atoms with E-state index in [9.17, 15) is 4.79 Å². The van der Waals surface area contributed by atoms with Gasteiger partial charge in [-0.2, -0.15) is 0 Å². The topological polar surface area (TPSA) is 77.2 Å². The summed E-state index contributed by atoms with van der Waals surface area (Å²) in [5, 5.41) is 2.96. The van der Waals surface area contributed by atoms with Gasteiger partial charge in [0, 0.05) is 32.5 Å². The maximum atomic E-state index is 12.0. The molecular formula is C14H21N3O2. The van der Waals surface area contributed by atoms with Crippen LogP contribution < -0.4 is 11.1 Å². The molecule has 0 aliphatic carbocycles. The van der Waals surface area contributed by atoms with Crippen molar-refractivity contribution in [2.45, 2.75) is 26.3 Å². The number of rotatable bonds is 4. The molecular weight excluding hydrogens is 242 g/mol. The number of nitrogens with zero attached hydrogens (tertiary/aromatic N) is 1. The molecule has 1 aromatic heterocycles. The number of hydrogen-bond acceptors (Lipinski definition) is 4. The molecule has 5 heteroatoms. The summed E-state index contributed by atoms with van der Waals surface area (Å²) >= 11 is 0. The van der Waals surface area contributed by atoms with Crippen molar-refractivity contribution >= 4 is 5.91 Å². The van der Waals surface area contributed by atoms with Gasteiger partial charge in [0.1, 0.15) is 5.69 Å². The lowest BCUT2D eigenvalue weighted by Crippen LogP contribution is -2.39. The summed E-state index contributed by atoms with van der Waals surface area (Å²) in [6.07, 6.45) is 3.60. The molecule has 0 saturated carbocycles. The van der Waals surface area contributed by atoms with Gasteiger partial charge in [0.15, 0.2) is 0 Å². The lowest BCUT2D eigenvalue weighted by Gasteiger charge is -2.33. The largest absolute Gasteiger partial charge is 0.381 e. The van der Waals surface area contributed by atoms with Crippen LogP contribution in [0.5, 0.6) is 0 Å². The molecule has 0 unspecified atom stereocenters. The average Bonchev–Trinajstić information content (AvgIpc) is 2.46. The number of aromatic nitrogens is 1. The highest BCUT2D eigenvalue weighted by Gasteiger charge is 2.27. The van der Waals surface area contributed by atoms with Gasteiger partial charge in [-0.15, -0.1) is 0 Å². The first-order valence-electron chi connectivity index (χ1n) is 6.64. The highest BCUT2D eigenvalue weighted by molar-refractivity contribution is 5.92. The molecule has 1 amide bonds. The predicted molar refractivity (Wildman–Crippen MR) is 72.6 cm³/mol. The van der Waals surface area contributed by atoms with E-state index in [0.29, 0.717) is 18.8 Å². The zero-order valence-electron chi connectivity index (χ0n) is 11.3. The first-order chi connectivity index (χ1) is 9.13. The van der Waals surface area contributed by atoms with E-state index >= 15 is 0 Å². The quantitative estimate of drug-likeness (QED) is 0.852. The highest BCUT2D eigenvalue weighted by atomic mass is 16.5. The van der Waals surface area contributed by atoms with Crippen LogP contribution in [-0.2, 0) is 11.3 Å². The van der Waals surface area contributed by atoms with Crippen LogP contribution in [-0.4, -0.2) is 30.6 Å². The van der Waals surface area contributed by atoms with Crippen molar-refractivity contribution < 1.29 is 9.53 Å². The maximum absolute atomic E-state index is 12.0. The van der Waals surface area contributed by atoms with E-state index < -0.39 is 0 Å². The van der Waals surface area contributed by atoms with E-state index in [-0.39, 0.29) is 11.3 Å². The minimum absolute atomic E-state index is 0.128. The Balaban J connectivity index is 1.89. The number of hydrogen-bond donors (Lipinski definition) is 2. The number of pyridine rings is 1. The molecule has 0 atom stereocenters. The van der Waals surface area contributed by atoms with E-state index in [4.69, 9.17) is 10.5 Å². The van der Waals surface area contributed by atoms with Gasteiger partial charge >= 0.3 is 0 Å². The van der Waals surface area contributed by atoms with E-state index in [1.807, 2.05) is 6.07 Å². The Morgan fingerprint density at radius 1 is 1.47 bits per heavy atom. The lowest BCUT2D eigenvalue weighted by atomic mass is 9.82. The van der Waals surface area contributed by atoms with E-state index in [2.05, 4.69) is 17.2 Å². The van der Waals surface area contributed by atoms with Gasteiger partial charge in [0.05, 0.1) is 0 Å². The Morgan fingerprint density at radius 3 is 2.79 bits per heavy atom. The lowest BCUT2D eigenvalue weighted by molar-refractivity contribution is 0.0238. The molecule has 2 heterocycles. The Labute approximate surface area is 113 Å². The smallest absolute Gasteiger partial charge is 0.269 e. The molecule has 1 saturated heterocycles. The maximum Gasteiger partial charge on any atom is 0.269 e. The van der Waals surface area contributed by atoms with Crippen LogP contribution in [0.25, 0.3) is 0 Å². The molecule has 1 aliphatic rings. The van der Waals surface area contributed by atoms with Gasteiger partial charge in [-0.25, -0.2) is 0 Å². The summed E-state index contributed by atoms with van der Waals surface area (Å²) in [7, 11) is 0. The number of amides is 1. The minimum atomic E-state index is -0.128. The third-order valence-corrected chi connectivity index (χ3v) is 3.67. The fourth-order valence-corrected chi connectivity index (χ4v) is 2.10. The number of nitrogens with two attached hydrogens (primary N) is 1. The van der Waals surface area contributed by atoms with Crippen molar-refractivity contribution in [3.8, 4) is 0 Å². The van der Waals surface area contributed by atoms with Gasteiger partial charge in [-0.1, -0.05) is 13.0 Å². The molecule has 3 N–H and O–H groups in total. The Bertz CT molecular complexity index is 425. The van der Waals surface area contributed by atoms with Crippen molar-refractivity contribution in [1.29, 1.82) is 0 Å². The molecule has 0 radical (unpaired) electrons. The number of carbonyl (C=O) groups is 1. The Hall–Kier alpha value is -1.46. The van der Waals surface area contributed by atoms with Crippen LogP contribution in [0.2, 0.25) is 0 Å². The number of ether oxygens (including phenoxy) is 1. The second-order valence-corrected chi connectivity index (χ2v) is 5.36. The van der Waals surface area contributed by atoms with E-state index in [1.54, 1.807) is 12.3 Å². The zero-order valence-corrected chi connectivity index (χ0v) is 11.3. The van der Waals surface area contributed by atoms with Crippen molar-refractivity contribution in [1.82, 2.24) is 10.3 Å². The number of carbonyl (C=O) groups excluding carboxylic acids is 1. The van der Waals surface area contributed by atoms with Gasteiger partial charge in [-0.05, 0) is 29.9 Å². The SMILES string of the molecule is CC1(CNC(=O)c2ccc(CN)cn2)CCOCC1. The van der Waals surface area contributed by atoms with Gasteiger partial charge in [0.2, 0.25) is 0 Å². The molecule has 1 fully saturated rings. The highest BCUT2D eigenvalue weighted by Crippen LogP contribution is 2.28.